The third-order valence-corrected chi connectivity index (χ3v) is 4.00. The van der Waals surface area contributed by atoms with Crippen LogP contribution in [0.25, 0.3) is 0 Å². The highest BCUT2D eigenvalue weighted by atomic mass is 32.1. The van der Waals surface area contributed by atoms with Gasteiger partial charge < -0.3 is 10.1 Å². The van der Waals surface area contributed by atoms with E-state index in [1.807, 2.05) is 30.3 Å². The van der Waals surface area contributed by atoms with Gasteiger partial charge in [0.15, 0.2) is 11.6 Å². The van der Waals surface area contributed by atoms with Crippen molar-refractivity contribution in [2.75, 3.05) is 6.61 Å². The van der Waals surface area contributed by atoms with E-state index in [0.717, 1.165) is 17.1 Å². The number of carbonyl (C=O) groups is 1. The third kappa shape index (κ3) is 3.94. The lowest BCUT2D eigenvalue weighted by atomic mass is 10.1. The minimum absolute atomic E-state index is 0.100. The van der Waals surface area contributed by atoms with Crippen LogP contribution >= 0.6 is 11.5 Å². The molecule has 0 bridgehead atoms. The highest BCUT2D eigenvalue weighted by molar-refractivity contribution is 7.07. The van der Waals surface area contributed by atoms with E-state index in [4.69, 9.17) is 4.74 Å². The first-order chi connectivity index (χ1) is 11.7. The summed E-state index contributed by atoms with van der Waals surface area (Å²) in [4.78, 5) is 12.7. The molecule has 1 N–H and O–H groups in total. The zero-order valence-corrected chi connectivity index (χ0v) is 13.4. The smallest absolute Gasteiger partial charge is 0.265 e. The lowest BCUT2D eigenvalue weighted by Gasteiger charge is -2.19. The summed E-state index contributed by atoms with van der Waals surface area (Å²) in [7, 11) is 0. The number of carbonyl (C=O) groups excluding carboxylic acids is 1. The molecule has 5 nitrogen and oxygen atoms in total. The Morgan fingerprint density at radius 2 is 1.92 bits per heavy atom. The van der Waals surface area contributed by atoms with Gasteiger partial charge in [-0.3, -0.25) is 4.79 Å². The average molecular weight is 343 g/mol. The van der Waals surface area contributed by atoms with Crippen molar-refractivity contribution in [2.45, 2.75) is 6.04 Å². The molecule has 0 saturated heterocycles. The molecule has 1 heterocycles. The molecule has 0 fully saturated rings. The second kappa shape index (κ2) is 7.65. The Morgan fingerprint density at radius 3 is 2.62 bits per heavy atom. The molecular formula is C17H14FN3O2S. The van der Waals surface area contributed by atoms with E-state index in [-0.39, 0.29) is 18.3 Å². The first-order valence-electron chi connectivity index (χ1n) is 7.24. The van der Waals surface area contributed by atoms with Gasteiger partial charge in [-0.25, -0.2) is 4.39 Å². The number of nitrogens with one attached hydrogen (secondary N) is 1. The molecule has 1 atom stereocenters. The topological polar surface area (TPSA) is 64.1 Å². The second-order valence-corrected chi connectivity index (χ2v) is 5.75. The van der Waals surface area contributed by atoms with Crippen molar-refractivity contribution in [1.82, 2.24) is 14.9 Å². The maximum atomic E-state index is 13.7. The predicted octanol–water partition coefficient (Wildman–Crippen LogP) is 3.23. The number of halogens is 1. The van der Waals surface area contributed by atoms with Crippen LogP contribution in [0.3, 0.4) is 0 Å². The Kier molecular flexibility index (Phi) is 5.12. The fourth-order valence-corrected chi connectivity index (χ4v) is 2.56. The van der Waals surface area contributed by atoms with E-state index in [9.17, 15) is 9.18 Å². The van der Waals surface area contributed by atoms with Crippen molar-refractivity contribution in [1.29, 1.82) is 0 Å². The number of nitrogens with zero attached hydrogens (tertiary/aromatic N) is 2. The predicted molar refractivity (Wildman–Crippen MR) is 88.5 cm³/mol. The van der Waals surface area contributed by atoms with Crippen LogP contribution in [0.15, 0.2) is 60.8 Å². The molecule has 7 heteroatoms. The number of aromatic nitrogens is 2. The van der Waals surface area contributed by atoms with Crippen molar-refractivity contribution in [3.63, 3.8) is 0 Å². The van der Waals surface area contributed by atoms with Gasteiger partial charge in [-0.2, -0.15) is 0 Å². The van der Waals surface area contributed by atoms with E-state index in [1.165, 1.54) is 12.3 Å². The normalized spacial score (nSPS) is 11.7. The molecule has 0 radical (unpaired) electrons. The minimum Gasteiger partial charge on any atom is -0.488 e. The average Bonchev–Trinajstić information content (AvgIpc) is 3.15. The molecule has 3 rings (SSSR count). The van der Waals surface area contributed by atoms with Gasteiger partial charge in [0, 0.05) is 0 Å². The van der Waals surface area contributed by atoms with Gasteiger partial charge in [0.25, 0.3) is 5.91 Å². The Hall–Kier alpha value is -2.80. The van der Waals surface area contributed by atoms with Crippen molar-refractivity contribution in [3.05, 3.63) is 77.1 Å². The van der Waals surface area contributed by atoms with Crippen LogP contribution in [0.5, 0.6) is 5.75 Å². The lowest BCUT2D eigenvalue weighted by Crippen LogP contribution is -2.32. The van der Waals surface area contributed by atoms with Crippen molar-refractivity contribution < 1.29 is 13.9 Å². The zero-order valence-electron chi connectivity index (χ0n) is 12.6. The summed E-state index contributed by atoms with van der Waals surface area (Å²) in [6.45, 7) is 0.100. The quantitative estimate of drug-likeness (QED) is 0.746. The van der Waals surface area contributed by atoms with E-state index < -0.39 is 11.9 Å². The van der Waals surface area contributed by atoms with Crippen LogP contribution in [0.4, 0.5) is 4.39 Å². The molecular weight excluding hydrogens is 329 g/mol. The second-order valence-electron chi connectivity index (χ2n) is 4.96. The SMILES string of the molecule is O=C(N[C@@H](COc1ccccc1F)c1ccccc1)c1cnns1. The van der Waals surface area contributed by atoms with Crippen molar-refractivity contribution in [3.8, 4) is 5.75 Å². The molecule has 24 heavy (non-hydrogen) atoms. The number of rotatable bonds is 6. The van der Waals surface area contributed by atoms with E-state index in [1.54, 1.807) is 18.2 Å². The van der Waals surface area contributed by atoms with E-state index in [0.29, 0.717) is 4.88 Å². The zero-order chi connectivity index (χ0) is 16.8. The van der Waals surface area contributed by atoms with Crippen LogP contribution in [0.1, 0.15) is 21.3 Å². The van der Waals surface area contributed by atoms with Gasteiger partial charge in [-0.05, 0) is 29.2 Å². The highest BCUT2D eigenvalue weighted by Gasteiger charge is 2.18. The summed E-state index contributed by atoms with van der Waals surface area (Å²) in [5.41, 5.74) is 0.861. The van der Waals surface area contributed by atoms with Crippen LogP contribution in [-0.2, 0) is 0 Å². The number of hydrogen-bond donors (Lipinski definition) is 1. The fourth-order valence-electron chi connectivity index (χ4n) is 2.14. The van der Waals surface area contributed by atoms with E-state index in [2.05, 4.69) is 14.9 Å². The third-order valence-electron chi connectivity index (χ3n) is 3.33. The largest absolute Gasteiger partial charge is 0.488 e. The van der Waals surface area contributed by atoms with Gasteiger partial charge in [0.1, 0.15) is 11.5 Å². The van der Waals surface area contributed by atoms with Crippen LogP contribution in [0.2, 0.25) is 0 Å². The van der Waals surface area contributed by atoms with Crippen LogP contribution in [0, 0.1) is 5.82 Å². The Balaban J connectivity index is 1.75. The molecule has 0 aliphatic rings. The van der Waals surface area contributed by atoms with Crippen LogP contribution < -0.4 is 10.1 Å². The Labute approximate surface area is 142 Å². The first kappa shape index (κ1) is 16.1. The van der Waals surface area contributed by atoms with Gasteiger partial charge in [0.2, 0.25) is 0 Å². The van der Waals surface area contributed by atoms with E-state index >= 15 is 0 Å². The lowest BCUT2D eigenvalue weighted by molar-refractivity contribution is 0.0924. The summed E-state index contributed by atoms with van der Waals surface area (Å²) in [5, 5.41) is 6.52. The molecule has 2 aromatic carbocycles. The molecule has 0 aliphatic heterocycles. The van der Waals surface area contributed by atoms with Gasteiger partial charge in [-0.1, -0.05) is 47.0 Å². The summed E-state index contributed by atoms with van der Waals surface area (Å²) in [6, 6.07) is 15.1. The summed E-state index contributed by atoms with van der Waals surface area (Å²) < 4.78 is 22.9. The molecule has 3 aromatic rings. The maximum absolute atomic E-state index is 13.7. The standard InChI is InChI=1S/C17H14FN3O2S/c18-13-8-4-5-9-15(13)23-11-14(12-6-2-1-3-7-12)20-17(22)16-10-19-21-24-16/h1-10,14H,11H2,(H,20,22)/t14-/m0/s1. The van der Waals surface area contributed by atoms with Crippen molar-refractivity contribution in [2.24, 2.45) is 0 Å². The highest BCUT2D eigenvalue weighted by Crippen LogP contribution is 2.20. The summed E-state index contributed by atoms with van der Waals surface area (Å²) >= 11 is 1.01. The number of amides is 1. The first-order valence-corrected chi connectivity index (χ1v) is 8.02. The number of hydrogen-bond acceptors (Lipinski definition) is 5. The van der Waals surface area contributed by atoms with Crippen LogP contribution in [-0.4, -0.2) is 22.1 Å². The Morgan fingerprint density at radius 1 is 1.17 bits per heavy atom. The minimum atomic E-state index is -0.442. The molecule has 0 aliphatic carbocycles. The molecule has 122 valence electrons. The maximum Gasteiger partial charge on any atom is 0.265 e. The van der Waals surface area contributed by atoms with Gasteiger partial charge in [0.05, 0.1) is 12.2 Å². The van der Waals surface area contributed by atoms with Crippen molar-refractivity contribution >= 4 is 17.4 Å². The molecule has 0 unspecified atom stereocenters. The Bertz CT molecular complexity index is 797. The molecule has 1 aromatic heterocycles. The number of para-hydroxylation sites is 1. The van der Waals surface area contributed by atoms with Gasteiger partial charge in [-0.15, -0.1) is 5.10 Å². The number of benzene rings is 2. The van der Waals surface area contributed by atoms with Gasteiger partial charge >= 0.3 is 0 Å². The summed E-state index contributed by atoms with van der Waals surface area (Å²) in [5.74, 6) is -0.592. The summed E-state index contributed by atoms with van der Waals surface area (Å²) in [6.07, 6.45) is 1.40. The number of ether oxygens (including phenoxy) is 1. The fraction of sp³-hybridized carbons (Fsp3) is 0.118. The monoisotopic (exact) mass is 343 g/mol. The molecule has 0 saturated carbocycles. The molecule has 1 amide bonds. The molecule has 0 spiro atoms.